The Morgan fingerprint density at radius 2 is 2.11 bits per heavy atom. The summed E-state index contributed by atoms with van der Waals surface area (Å²) in [5.74, 6) is -0.0898. The minimum atomic E-state index is -1.49. The number of carbonyl (C=O) groups is 3. The molecule has 5 atom stereocenters. The summed E-state index contributed by atoms with van der Waals surface area (Å²) in [6.45, 7) is 3.12. The van der Waals surface area contributed by atoms with Crippen molar-refractivity contribution < 1.29 is 33.7 Å². The Balaban J connectivity index is 2.28. The van der Waals surface area contributed by atoms with Gasteiger partial charge in [0.15, 0.2) is 6.10 Å². The quantitative estimate of drug-likeness (QED) is 0.101. The van der Waals surface area contributed by atoms with Crippen LogP contribution in [0.15, 0.2) is 42.0 Å². The van der Waals surface area contributed by atoms with Crippen molar-refractivity contribution in [2.24, 2.45) is 10.8 Å². The number of nitrogens with zero attached hydrogens (tertiary/aromatic N) is 3. The predicted molar refractivity (Wildman–Crippen MR) is 133 cm³/mol. The molecule has 0 bridgehead atoms. The smallest absolute Gasteiger partial charge is 0.412 e. The zero-order valence-electron chi connectivity index (χ0n) is 19.1. The van der Waals surface area contributed by atoms with Crippen LogP contribution in [0.1, 0.15) is 12.8 Å². The number of rotatable bonds is 12. The number of nitrogens with two attached hydrogens (primary N) is 1. The first-order valence-electron chi connectivity index (χ1n) is 10.8. The molecule has 0 saturated carbocycles. The number of hydrogen-bond donors (Lipinski definition) is 4. The molecule has 13 nitrogen and oxygen atoms in total. The molecule has 1 heterocycles. The summed E-state index contributed by atoms with van der Waals surface area (Å²) in [5, 5.41) is 19.7. The van der Waals surface area contributed by atoms with Crippen molar-refractivity contribution in [3.63, 3.8) is 0 Å². The number of primary amides is 1. The molecule has 1 saturated heterocycles. The number of aliphatic hydroxyl groups is 1. The number of halogens is 1. The molecule has 0 spiro atoms. The second-order valence-electron chi connectivity index (χ2n) is 7.42. The van der Waals surface area contributed by atoms with Gasteiger partial charge >= 0.3 is 12.2 Å². The third-order valence-corrected chi connectivity index (χ3v) is 6.41. The lowest BCUT2D eigenvalue weighted by atomic mass is 9.97. The fraction of sp³-hybridized carbons (Fsp3) is 0.476. The lowest BCUT2D eigenvalue weighted by Crippen LogP contribution is -2.64. The number of aliphatic hydroxyl groups excluding tert-OH is 1. The lowest BCUT2D eigenvalue weighted by molar-refractivity contribution is -0.154. The summed E-state index contributed by atoms with van der Waals surface area (Å²) < 4.78 is 16.4. The van der Waals surface area contributed by atoms with Gasteiger partial charge in [-0.25, -0.2) is 9.59 Å². The summed E-state index contributed by atoms with van der Waals surface area (Å²) >= 11 is 7.27. The third kappa shape index (κ3) is 9.13. The number of anilines is 1. The molecule has 0 radical (unpaired) electrons. The van der Waals surface area contributed by atoms with E-state index in [1.165, 1.54) is 17.8 Å². The third-order valence-electron chi connectivity index (χ3n) is 4.82. The highest BCUT2D eigenvalue weighted by Gasteiger charge is 2.48. The number of para-hydroxylation sites is 1. The average molecular weight is 543 g/mol. The van der Waals surface area contributed by atoms with E-state index in [9.17, 15) is 19.5 Å². The first kappa shape index (κ1) is 29.1. The normalized spacial score (nSPS) is 23.0. The van der Waals surface area contributed by atoms with Crippen LogP contribution in [0.3, 0.4) is 0 Å². The average Bonchev–Trinajstić information content (AvgIpc) is 2.84. The topological polar surface area (TPSA) is 198 Å². The SMILES string of the molecule is C=CCOC(=O)N[C@@H]1[C@@H](OC(=O)Nc2ccccc2Cl)[C@@H](O)[C@@H](CN=[N+]=[N-])O[C@@H]1SCCCC(N)=O. The molecule has 1 aromatic rings. The van der Waals surface area contributed by atoms with Crippen molar-refractivity contribution in [1.29, 1.82) is 0 Å². The number of amides is 3. The summed E-state index contributed by atoms with van der Waals surface area (Å²) in [6.07, 6.45) is -3.81. The Morgan fingerprint density at radius 3 is 2.78 bits per heavy atom. The van der Waals surface area contributed by atoms with Crippen LogP contribution in [0, 0.1) is 0 Å². The van der Waals surface area contributed by atoms with Gasteiger partial charge in [-0.1, -0.05) is 41.5 Å². The van der Waals surface area contributed by atoms with Crippen LogP contribution in [-0.4, -0.2) is 71.9 Å². The van der Waals surface area contributed by atoms with Crippen LogP contribution < -0.4 is 16.4 Å². The van der Waals surface area contributed by atoms with Gasteiger partial charge < -0.3 is 30.4 Å². The molecule has 1 aliphatic rings. The van der Waals surface area contributed by atoms with E-state index >= 15 is 0 Å². The number of benzene rings is 1. The number of thioether (sulfide) groups is 1. The molecule has 2 rings (SSSR count). The molecule has 15 heteroatoms. The van der Waals surface area contributed by atoms with E-state index in [4.69, 9.17) is 37.1 Å². The number of hydrogen-bond acceptors (Lipinski definition) is 9. The van der Waals surface area contributed by atoms with E-state index in [0.29, 0.717) is 12.2 Å². The molecule has 36 heavy (non-hydrogen) atoms. The Kier molecular flexibility index (Phi) is 12.2. The molecule has 5 N–H and O–H groups in total. The van der Waals surface area contributed by atoms with Crippen LogP contribution in [0.2, 0.25) is 5.02 Å². The van der Waals surface area contributed by atoms with Crippen molar-refractivity contribution in [3.05, 3.63) is 52.4 Å². The predicted octanol–water partition coefficient (Wildman–Crippen LogP) is 2.93. The van der Waals surface area contributed by atoms with Gasteiger partial charge in [0.25, 0.3) is 0 Å². The van der Waals surface area contributed by atoms with Crippen molar-refractivity contribution in [2.45, 2.75) is 42.6 Å². The van der Waals surface area contributed by atoms with Gasteiger partial charge in [0.2, 0.25) is 5.91 Å². The maximum absolute atomic E-state index is 12.7. The van der Waals surface area contributed by atoms with E-state index in [2.05, 4.69) is 27.2 Å². The van der Waals surface area contributed by atoms with Crippen molar-refractivity contribution >= 4 is 47.1 Å². The maximum atomic E-state index is 12.7. The second kappa shape index (κ2) is 15.1. The van der Waals surface area contributed by atoms with Gasteiger partial charge in [0.1, 0.15) is 24.2 Å². The molecular formula is C21H27ClN6O7S. The Morgan fingerprint density at radius 1 is 1.36 bits per heavy atom. The summed E-state index contributed by atoms with van der Waals surface area (Å²) in [7, 11) is 0. The van der Waals surface area contributed by atoms with E-state index < -0.39 is 47.9 Å². The van der Waals surface area contributed by atoms with E-state index in [0.717, 1.165) is 0 Å². The van der Waals surface area contributed by atoms with E-state index in [1.54, 1.807) is 24.3 Å². The molecule has 196 valence electrons. The first-order chi connectivity index (χ1) is 17.3. The van der Waals surface area contributed by atoms with Gasteiger partial charge in [-0.2, -0.15) is 0 Å². The monoisotopic (exact) mass is 542 g/mol. The summed E-state index contributed by atoms with van der Waals surface area (Å²) in [4.78, 5) is 38.8. The number of nitrogens with one attached hydrogen (secondary N) is 2. The Bertz CT molecular complexity index is 980. The Labute approximate surface area is 216 Å². The molecular weight excluding hydrogens is 516 g/mol. The van der Waals surface area contributed by atoms with Gasteiger partial charge in [-0.3, -0.25) is 10.1 Å². The molecule has 3 amide bonds. The highest BCUT2D eigenvalue weighted by atomic mass is 35.5. The zero-order chi connectivity index (χ0) is 26.5. The van der Waals surface area contributed by atoms with Gasteiger partial charge in [0.05, 0.1) is 23.4 Å². The fourth-order valence-electron chi connectivity index (χ4n) is 3.20. The van der Waals surface area contributed by atoms with Crippen LogP contribution in [0.25, 0.3) is 10.4 Å². The molecule has 0 aliphatic carbocycles. The standard InChI is InChI=1S/C21H27ClN6O7S/c1-2-9-33-20(31)27-16-18(35-21(32)26-13-7-4-3-6-12(13)22)17(30)14(11-25-28-24)34-19(16)36-10-5-8-15(23)29/h2-4,6-7,14,16-19,30H,1,5,8-11H2,(H2,23,29)(H,26,32)(H,27,31)/t14-,16-,17+,18-,19-/m1/s1. The fourth-order valence-corrected chi connectivity index (χ4v) is 4.58. The van der Waals surface area contributed by atoms with Crippen LogP contribution in [0.4, 0.5) is 15.3 Å². The molecule has 1 aromatic carbocycles. The van der Waals surface area contributed by atoms with Crippen molar-refractivity contribution in [2.75, 3.05) is 24.2 Å². The number of ether oxygens (including phenoxy) is 3. The highest BCUT2D eigenvalue weighted by Crippen LogP contribution is 2.32. The summed E-state index contributed by atoms with van der Waals surface area (Å²) in [6, 6.07) is 5.36. The van der Waals surface area contributed by atoms with Crippen LogP contribution >= 0.6 is 23.4 Å². The molecule has 1 aliphatic heterocycles. The Hall–Kier alpha value is -3.16. The van der Waals surface area contributed by atoms with Crippen LogP contribution in [0.5, 0.6) is 0 Å². The van der Waals surface area contributed by atoms with Gasteiger partial charge in [0, 0.05) is 11.3 Å². The molecule has 0 unspecified atom stereocenters. The van der Waals surface area contributed by atoms with Crippen molar-refractivity contribution in [3.8, 4) is 0 Å². The summed E-state index contributed by atoms with van der Waals surface area (Å²) in [5.41, 5.74) is 13.3. The van der Waals surface area contributed by atoms with E-state index in [1.807, 2.05) is 0 Å². The minimum Gasteiger partial charge on any atom is -0.445 e. The van der Waals surface area contributed by atoms with E-state index in [-0.39, 0.29) is 30.3 Å². The first-order valence-corrected chi connectivity index (χ1v) is 12.2. The number of carbonyl (C=O) groups excluding carboxylic acids is 3. The molecule has 1 fully saturated rings. The molecule has 0 aromatic heterocycles. The largest absolute Gasteiger partial charge is 0.445 e. The minimum absolute atomic E-state index is 0.0869. The maximum Gasteiger partial charge on any atom is 0.412 e. The zero-order valence-corrected chi connectivity index (χ0v) is 20.7. The number of alkyl carbamates (subject to hydrolysis) is 1. The van der Waals surface area contributed by atoms with Gasteiger partial charge in [-0.05, 0) is 29.8 Å². The number of azide groups is 1. The highest BCUT2D eigenvalue weighted by molar-refractivity contribution is 7.99. The van der Waals surface area contributed by atoms with Crippen LogP contribution in [-0.2, 0) is 19.0 Å². The van der Waals surface area contributed by atoms with Crippen molar-refractivity contribution in [1.82, 2.24) is 5.32 Å². The lowest BCUT2D eigenvalue weighted by Gasteiger charge is -2.43. The van der Waals surface area contributed by atoms with Gasteiger partial charge in [-0.15, -0.1) is 11.8 Å². The second-order valence-corrected chi connectivity index (χ2v) is 9.03.